The molecule has 4 nitrogen and oxygen atoms in total. The molecule has 1 aliphatic heterocycles. The molecule has 2 N–H and O–H groups in total. The van der Waals surface area contributed by atoms with Gasteiger partial charge in [-0.05, 0) is 24.6 Å². The van der Waals surface area contributed by atoms with Gasteiger partial charge in [-0.25, -0.2) is 5.90 Å². The zero-order chi connectivity index (χ0) is 9.26. The summed E-state index contributed by atoms with van der Waals surface area (Å²) in [6.45, 7) is 2.60. The lowest BCUT2D eigenvalue weighted by molar-refractivity contribution is 0.120. The van der Waals surface area contributed by atoms with E-state index >= 15 is 0 Å². The van der Waals surface area contributed by atoms with Crippen LogP contribution < -0.4 is 15.4 Å². The molecule has 0 bridgehead atoms. The molecule has 0 spiro atoms. The fraction of sp³-hybridized carbons (Fsp3) is 0.333. The zero-order valence-electron chi connectivity index (χ0n) is 7.37. The SMILES string of the molecule is Cc1cc(CON)c2c(c1)OCO2. The van der Waals surface area contributed by atoms with E-state index in [1.165, 1.54) is 0 Å². The van der Waals surface area contributed by atoms with Crippen LogP contribution in [0.2, 0.25) is 0 Å². The first-order valence-corrected chi connectivity index (χ1v) is 4.02. The molecule has 0 amide bonds. The van der Waals surface area contributed by atoms with E-state index in [1.54, 1.807) is 0 Å². The molecule has 0 saturated carbocycles. The fourth-order valence-corrected chi connectivity index (χ4v) is 1.43. The van der Waals surface area contributed by atoms with Gasteiger partial charge in [-0.2, -0.15) is 0 Å². The summed E-state index contributed by atoms with van der Waals surface area (Å²) in [6.07, 6.45) is 0. The minimum Gasteiger partial charge on any atom is -0.454 e. The van der Waals surface area contributed by atoms with E-state index in [1.807, 2.05) is 19.1 Å². The van der Waals surface area contributed by atoms with Crippen molar-refractivity contribution in [2.75, 3.05) is 6.79 Å². The van der Waals surface area contributed by atoms with Crippen LogP contribution in [0.15, 0.2) is 12.1 Å². The average molecular weight is 181 g/mol. The van der Waals surface area contributed by atoms with Gasteiger partial charge >= 0.3 is 0 Å². The van der Waals surface area contributed by atoms with E-state index in [0.717, 1.165) is 22.6 Å². The minimum atomic E-state index is 0.274. The van der Waals surface area contributed by atoms with Gasteiger partial charge in [0.2, 0.25) is 6.79 Å². The average Bonchev–Trinajstić information content (AvgIpc) is 2.52. The van der Waals surface area contributed by atoms with Crippen molar-refractivity contribution in [3.63, 3.8) is 0 Å². The van der Waals surface area contributed by atoms with E-state index in [4.69, 9.17) is 15.4 Å². The number of nitrogens with two attached hydrogens (primary N) is 1. The maximum atomic E-state index is 5.28. The normalized spacial score (nSPS) is 13.4. The standard InChI is InChI=1S/C9H11NO3/c1-6-2-7(4-13-10)9-8(3-6)11-5-12-9/h2-3H,4-5,10H2,1H3. The van der Waals surface area contributed by atoms with Crippen molar-refractivity contribution in [3.8, 4) is 11.5 Å². The molecule has 1 aromatic rings. The molecule has 4 heteroatoms. The lowest BCUT2D eigenvalue weighted by atomic mass is 10.1. The van der Waals surface area contributed by atoms with Crippen molar-refractivity contribution in [1.29, 1.82) is 0 Å². The molecular formula is C9H11NO3. The molecule has 0 radical (unpaired) electrons. The van der Waals surface area contributed by atoms with E-state index in [2.05, 4.69) is 4.84 Å². The van der Waals surface area contributed by atoms with Gasteiger partial charge in [-0.3, -0.25) is 4.84 Å². The van der Waals surface area contributed by atoms with Gasteiger partial charge < -0.3 is 9.47 Å². The maximum Gasteiger partial charge on any atom is 0.231 e. The lowest BCUT2D eigenvalue weighted by Gasteiger charge is -2.05. The Morgan fingerprint density at radius 3 is 3.08 bits per heavy atom. The highest BCUT2D eigenvalue weighted by molar-refractivity contribution is 5.50. The zero-order valence-corrected chi connectivity index (χ0v) is 7.37. The Kier molecular flexibility index (Phi) is 2.08. The summed E-state index contributed by atoms with van der Waals surface area (Å²) < 4.78 is 10.5. The smallest absolute Gasteiger partial charge is 0.231 e. The number of benzene rings is 1. The first-order valence-electron chi connectivity index (χ1n) is 4.02. The van der Waals surface area contributed by atoms with Crippen LogP contribution in [0, 0.1) is 6.92 Å². The molecule has 0 fully saturated rings. The third-order valence-corrected chi connectivity index (χ3v) is 1.93. The molecule has 0 unspecified atom stereocenters. The largest absolute Gasteiger partial charge is 0.454 e. The van der Waals surface area contributed by atoms with Crippen LogP contribution in [0.5, 0.6) is 11.5 Å². The van der Waals surface area contributed by atoms with Crippen LogP contribution >= 0.6 is 0 Å². The predicted octanol–water partition coefficient (Wildman–Crippen LogP) is 1.11. The van der Waals surface area contributed by atoms with E-state index in [9.17, 15) is 0 Å². The van der Waals surface area contributed by atoms with Crippen LogP contribution in [0.4, 0.5) is 0 Å². The number of fused-ring (bicyclic) bond motifs is 1. The molecule has 0 aliphatic carbocycles. The van der Waals surface area contributed by atoms with Crippen LogP contribution in [-0.2, 0) is 11.4 Å². The predicted molar refractivity (Wildman–Crippen MR) is 46.3 cm³/mol. The summed E-state index contributed by atoms with van der Waals surface area (Å²) in [7, 11) is 0. The number of hydrogen-bond donors (Lipinski definition) is 1. The summed E-state index contributed by atoms with van der Waals surface area (Å²) in [6, 6.07) is 3.91. The van der Waals surface area contributed by atoms with Crippen LogP contribution in [0.3, 0.4) is 0 Å². The second kappa shape index (κ2) is 3.24. The van der Waals surface area contributed by atoms with Gasteiger partial charge in [-0.15, -0.1) is 0 Å². The van der Waals surface area contributed by atoms with Crippen molar-refractivity contribution in [3.05, 3.63) is 23.3 Å². The second-order valence-corrected chi connectivity index (χ2v) is 2.97. The molecular weight excluding hydrogens is 170 g/mol. The Hall–Kier alpha value is -1.26. The van der Waals surface area contributed by atoms with Gasteiger partial charge in [0.15, 0.2) is 11.5 Å². The monoisotopic (exact) mass is 181 g/mol. The topological polar surface area (TPSA) is 53.7 Å². The van der Waals surface area contributed by atoms with Gasteiger partial charge in [-0.1, -0.05) is 0 Å². The molecule has 0 aromatic heterocycles. The van der Waals surface area contributed by atoms with E-state index < -0.39 is 0 Å². The molecule has 2 rings (SSSR count). The van der Waals surface area contributed by atoms with Crippen molar-refractivity contribution < 1.29 is 14.3 Å². The second-order valence-electron chi connectivity index (χ2n) is 2.97. The number of rotatable bonds is 2. The highest BCUT2D eigenvalue weighted by atomic mass is 16.7. The van der Waals surface area contributed by atoms with Gasteiger partial charge in [0.05, 0.1) is 6.61 Å². The molecule has 0 atom stereocenters. The van der Waals surface area contributed by atoms with Crippen molar-refractivity contribution in [1.82, 2.24) is 0 Å². The van der Waals surface area contributed by atoms with E-state index in [0.29, 0.717) is 6.61 Å². The fourth-order valence-electron chi connectivity index (χ4n) is 1.43. The molecule has 1 heterocycles. The highest BCUT2D eigenvalue weighted by Crippen LogP contribution is 2.36. The Labute approximate surface area is 76.2 Å². The minimum absolute atomic E-state index is 0.274. The Bertz CT molecular complexity index is 325. The molecule has 1 aliphatic rings. The summed E-state index contributed by atoms with van der Waals surface area (Å²) in [5, 5.41) is 0. The summed E-state index contributed by atoms with van der Waals surface area (Å²) in [5.74, 6) is 6.53. The van der Waals surface area contributed by atoms with Crippen LogP contribution in [0.25, 0.3) is 0 Å². The number of ether oxygens (including phenoxy) is 2. The van der Waals surface area contributed by atoms with Gasteiger partial charge in [0.1, 0.15) is 0 Å². The summed E-state index contributed by atoms with van der Waals surface area (Å²) in [5.41, 5.74) is 2.03. The van der Waals surface area contributed by atoms with Crippen LogP contribution in [0.1, 0.15) is 11.1 Å². The lowest BCUT2D eigenvalue weighted by Crippen LogP contribution is -2.00. The third-order valence-electron chi connectivity index (χ3n) is 1.93. The van der Waals surface area contributed by atoms with Crippen molar-refractivity contribution in [2.24, 2.45) is 5.90 Å². The molecule has 0 saturated heterocycles. The quantitative estimate of drug-likeness (QED) is 0.694. The molecule has 70 valence electrons. The maximum absolute atomic E-state index is 5.28. The molecule has 13 heavy (non-hydrogen) atoms. The summed E-state index contributed by atoms with van der Waals surface area (Å²) >= 11 is 0. The third kappa shape index (κ3) is 1.46. The van der Waals surface area contributed by atoms with Crippen LogP contribution in [-0.4, -0.2) is 6.79 Å². The summed E-state index contributed by atoms with van der Waals surface area (Å²) in [4.78, 5) is 4.57. The Balaban J connectivity index is 2.43. The Morgan fingerprint density at radius 2 is 2.31 bits per heavy atom. The highest BCUT2D eigenvalue weighted by Gasteiger charge is 2.18. The van der Waals surface area contributed by atoms with E-state index in [-0.39, 0.29) is 6.79 Å². The van der Waals surface area contributed by atoms with Gasteiger partial charge in [0, 0.05) is 5.56 Å². The van der Waals surface area contributed by atoms with Gasteiger partial charge in [0.25, 0.3) is 0 Å². The van der Waals surface area contributed by atoms with Crippen molar-refractivity contribution in [2.45, 2.75) is 13.5 Å². The molecule has 1 aromatic carbocycles. The number of aryl methyl sites for hydroxylation is 1. The van der Waals surface area contributed by atoms with Crippen molar-refractivity contribution >= 4 is 0 Å². The first kappa shape index (κ1) is 8.34. The number of hydrogen-bond acceptors (Lipinski definition) is 4. The first-order chi connectivity index (χ1) is 6.31. The Morgan fingerprint density at radius 1 is 1.46 bits per heavy atom.